The fourth-order valence-electron chi connectivity index (χ4n) is 4.04. The maximum Gasteiger partial charge on any atom is 0.251 e. The number of hydrogen-bond acceptors (Lipinski definition) is 3. The first kappa shape index (κ1) is 22.5. The smallest absolute Gasteiger partial charge is 0.251 e. The summed E-state index contributed by atoms with van der Waals surface area (Å²) in [6.07, 6.45) is 4.61. The molecule has 164 valence electrons. The van der Waals surface area contributed by atoms with Gasteiger partial charge < -0.3 is 10.6 Å². The van der Waals surface area contributed by atoms with Gasteiger partial charge in [-0.1, -0.05) is 56.2 Å². The average Bonchev–Trinajstić information content (AvgIpc) is 3.31. The molecule has 1 aliphatic rings. The lowest BCUT2D eigenvalue weighted by Crippen LogP contribution is -2.61. The lowest BCUT2D eigenvalue weighted by Gasteiger charge is -2.40. The number of carbonyl (C=O) groups excluding carboxylic acids is 3. The van der Waals surface area contributed by atoms with Crippen LogP contribution in [0, 0.1) is 0 Å². The number of hydrogen-bond donors (Lipinski definition) is 2. The zero-order valence-corrected chi connectivity index (χ0v) is 18.3. The van der Waals surface area contributed by atoms with Gasteiger partial charge in [0.25, 0.3) is 5.91 Å². The van der Waals surface area contributed by atoms with E-state index in [2.05, 4.69) is 10.6 Å². The molecule has 0 spiro atoms. The molecule has 2 aromatic carbocycles. The van der Waals surface area contributed by atoms with E-state index >= 15 is 0 Å². The van der Waals surface area contributed by atoms with Gasteiger partial charge in [0.1, 0.15) is 5.54 Å². The third-order valence-corrected chi connectivity index (χ3v) is 6.06. The molecule has 1 atom stereocenters. The number of amides is 3. The van der Waals surface area contributed by atoms with Gasteiger partial charge in [0, 0.05) is 17.3 Å². The van der Waals surface area contributed by atoms with Crippen molar-refractivity contribution in [3.05, 3.63) is 66.2 Å². The Labute approximate surface area is 184 Å². The summed E-state index contributed by atoms with van der Waals surface area (Å²) < 4.78 is 0. The molecular formula is C25H31N3O3. The minimum Gasteiger partial charge on any atom is -0.351 e. The van der Waals surface area contributed by atoms with Gasteiger partial charge in [-0.2, -0.15) is 0 Å². The highest BCUT2D eigenvalue weighted by Crippen LogP contribution is 2.29. The molecule has 3 amide bonds. The molecule has 6 heteroatoms. The van der Waals surface area contributed by atoms with Crippen LogP contribution < -0.4 is 15.5 Å². The second-order valence-electron chi connectivity index (χ2n) is 8.20. The molecule has 0 bridgehead atoms. The van der Waals surface area contributed by atoms with E-state index < -0.39 is 5.54 Å². The summed E-state index contributed by atoms with van der Waals surface area (Å²) in [5, 5.41) is 5.84. The molecule has 0 radical (unpaired) electrons. The van der Waals surface area contributed by atoms with Crippen molar-refractivity contribution < 1.29 is 14.4 Å². The molecule has 0 heterocycles. The van der Waals surface area contributed by atoms with E-state index in [4.69, 9.17) is 0 Å². The van der Waals surface area contributed by atoms with E-state index in [1.54, 1.807) is 31.2 Å². The molecule has 6 nitrogen and oxygen atoms in total. The predicted octanol–water partition coefficient (Wildman–Crippen LogP) is 3.68. The normalized spacial score (nSPS) is 15.7. The molecule has 1 saturated carbocycles. The third-order valence-electron chi connectivity index (χ3n) is 6.06. The quantitative estimate of drug-likeness (QED) is 0.683. The van der Waals surface area contributed by atoms with Gasteiger partial charge in [-0.3, -0.25) is 19.3 Å². The van der Waals surface area contributed by atoms with Crippen molar-refractivity contribution >= 4 is 23.4 Å². The number of rotatable bonds is 8. The molecule has 31 heavy (non-hydrogen) atoms. The zero-order valence-electron chi connectivity index (χ0n) is 18.3. The first-order valence-corrected chi connectivity index (χ1v) is 11.0. The highest BCUT2D eigenvalue weighted by Gasteiger charge is 2.42. The standard InChI is InChI=1S/C25H31N3O3/c1-3-25(2,24(31)27-20-14-10-11-15-20)28(21-16-8-5-9-17-21)22(29)18-26-23(30)19-12-6-4-7-13-19/h4-9,12-13,16-17,20H,3,10-11,14-15,18H2,1-2H3,(H,26,30)(H,27,31)/t25-/m1/s1. The highest BCUT2D eigenvalue weighted by molar-refractivity contribution is 6.06. The van der Waals surface area contributed by atoms with Gasteiger partial charge in [0.05, 0.1) is 6.54 Å². The van der Waals surface area contributed by atoms with Gasteiger partial charge in [-0.05, 0) is 50.5 Å². The van der Waals surface area contributed by atoms with Gasteiger partial charge in [-0.25, -0.2) is 0 Å². The van der Waals surface area contributed by atoms with Crippen LogP contribution in [0.5, 0.6) is 0 Å². The van der Waals surface area contributed by atoms with Gasteiger partial charge in [-0.15, -0.1) is 0 Å². The van der Waals surface area contributed by atoms with Crippen molar-refractivity contribution in [1.29, 1.82) is 0 Å². The lowest BCUT2D eigenvalue weighted by molar-refractivity contribution is -0.130. The molecule has 2 N–H and O–H groups in total. The Morgan fingerprint density at radius 3 is 2.13 bits per heavy atom. The largest absolute Gasteiger partial charge is 0.351 e. The number of nitrogens with one attached hydrogen (secondary N) is 2. The van der Waals surface area contributed by atoms with E-state index in [9.17, 15) is 14.4 Å². The van der Waals surface area contributed by atoms with Crippen LogP contribution >= 0.6 is 0 Å². The van der Waals surface area contributed by atoms with Gasteiger partial charge >= 0.3 is 0 Å². The summed E-state index contributed by atoms with van der Waals surface area (Å²) >= 11 is 0. The highest BCUT2D eigenvalue weighted by atomic mass is 16.2. The lowest BCUT2D eigenvalue weighted by atomic mass is 9.93. The number of carbonyl (C=O) groups is 3. The van der Waals surface area contributed by atoms with Crippen molar-refractivity contribution in [3.8, 4) is 0 Å². The summed E-state index contributed by atoms with van der Waals surface area (Å²) in [5.41, 5.74) is 0.0459. The molecule has 0 aromatic heterocycles. The summed E-state index contributed by atoms with van der Waals surface area (Å²) in [6.45, 7) is 3.50. The molecule has 1 fully saturated rings. The Kier molecular flexibility index (Phi) is 7.45. The second kappa shape index (κ2) is 10.2. The number of para-hydroxylation sites is 1. The van der Waals surface area contributed by atoms with Crippen LogP contribution in [0.1, 0.15) is 56.3 Å². The summed E-state index contributed by atoms with van der Waals surface area (Å²) in [5.74, 6) is -0.814. The number of nitrogens with zero attached hydrogens (tertiary/aromatic N) is 1. The Hall–Kier alpha value is -3.15. The van der Waals surface area contributed by atoms with E-state index in [1.807, 2.05) is 43.3 Å². The maximum atomic E-state index is 13.4. The van der Waals surface area contributed by atoms with E-state index in [-0.39, 0.29) is 30.3 Å². The average molecular weight is 422 g/mol. The molecule has 0 saturated heterocycles. The Morgan fingerprint density at radius 1 is 0.968 bits per heavy atom. The Bertz CT molecular complexity index is 895. The van der Waals surface area contributed by atoms with Gasteiger partial charge in [0.2, 0.25) is 11.8 Å². The second-order valence-corrected chi connectivity index (χ2v) is 8.20. The van der Waals surface area contributed by atoms with E-state index in [0.717, 1.165) is 25.7 Å². The van der Waals surface area contributed by atoms with Crippen LogP contribution in [-0.2, 0) is 9.59 Å². The van der Waals surface area contributed by atoms with E-state index in [1.165, 1.54) is 4.90 Å². The first-order valence-electron chi connectivity index (χ1n) is 11.0. The Morgan fingerprint density at radius 2 is 1.55 bits per heavy atom. The van der Waals surface area contributed by atoms with Crippen LogP contribution in [0.4, 0.5) is 5.69 Å². The zero-order chi connectivity index (χ0) is 22.3. The van der Waals surface area contributed by atoms with Crippen LogP contribution in [0.15, 0.2) is 60.7 Å². The minimum absolute atomic E-state index is 0.156. The van der Waals surface area contributed by atoms with Crippen LogP contribution in [0.25, 0.3) is 0 Å². The fourth-order valence-corrected chi connectivity index (χ4v) is 4.04. The molecule has 0 aliphatic heterocycles. The van der Waals surface area contributed by atoms with Crippen LogP contribution in [0.3, 0.4) is 0 Å². The summed E-state index contributed by atoms with van der Waals surface area (Å²) in [4.78, 5) is 40.7. The van der Waals surface area contributed by atoms with Crippen LogP contribution in [-0.4, -0.2) is 35.8 Å². The van der Waals surface area contributed by atoms with Crippen molar-refractivity contribution in [3.63, 3.8) is 0 Å². The van der Waals surface area contributed by atoms with Gasteiger partial charge in [0.15, 0.2) is 0 Å². The molecule has 3 rings (SSSR count). The van der Waals surface area contributed by atoms with Crippen molar-refractivity contribution in [2.24, 2.45) is 0 Å². The summed E-state index contributed by atoms with van der Waals surface area (Å²) in [7, 11) is 0. The monoisotopic (exact) mass is 421 g/mol. The Balaban J connectivity index is 1.81. The molecule has 2 aromatic rings. The fraction of sp³-hybridized carbons (Fsp3) is 0.400. The number of anilines is 1. The predicted molar refractivity (Wildman–Crippen MR) is 122 cm³/mol. The third kappa shape index (κ3) is 5.32. The molecule has 1 aliphatic carbocycles. The maximum absolute atomic E-state index is 13.4. The SMILES string of the molecule is CC[C@](C)(C(=O)NC1CCCC1)N(C(=O)CNC(=O)c1ccccc1)c1ccccc1. The van der Waals surface area contributed by atoms with E-state index in [0.29, 0.717) is 17.7 Å². The topological polar surface area (TPSA) is 78.5 Å². The number of benzene rings is 2. The summed E-state index contributed by atoms with van der Waals surface area (Å²) in [6, 6.07) is 18.1. The first-order chi connectivity index (χ1) is 15.0. The molecule has 0 unspecified atom stereocenters. The molecular weight excluding hydrogens is 390 g/mol. The minimum atomic E-state index is -1.07. The van der Waals surface area contributed by atoms with Crippen molar-refractivity contribution in [2.75, 3.05) is 11.4 Å². The van der Waals surface area contributed by atoms with Crippen LogP contribution in [0.2, 0.25) is 0 Å². The van der Waals surface area contributed by atoms with Crippen molar-refractivity contribution in [1.82, 2.24) is 10.6 Å². The van der Waals surface area contributed by atoms with Crippen molar-refractivity contribution in [2.45, 2.75) is 57.5 Å².